The largest absolute Gasteiger partial charge is 0.274 e. The number of carbonyl (C=O) groups excluding carboxylic acids is 4. The molecule has 0 spiro atoms. The second-order valence-electron chi connectivity index (χ2n) is 11.6. The first-order valence-electron chi connectivity index (χ1n) is 14.5. The van der Waals surface area contributed by atoms with Gasteiger partial charge in [0.1, 0.15) is 12.1 Å². The molecule has 4 aromatic rings. The van der Waals surface area contributed by atoms with E-state index < -0.39 is 59.6 Å². The van der Waals surface area contributed by atoms with Crippen molar-refractivity contribution >= 4 is 81.4 Å². The van der Waals surface area contributed by atoms with Crippen LogP contribution in [-0.2, 0) is 19.2 Å². The van der Waals surface area contributed by atoms with Crippen molar-refractivity contribution in [2.45, 2.75) is 24.2 Å². The topological polar surface area (TPSA) is 81.2 Å². The van der Waals surface area contributed by atoms with Gasteiger partial charge in [-0.3, -0.25) is 19.2 Å². The average molecular weight is 692 g/mol. The Hall–Kier alpha value is -3.76. The molecule has 230 valence electrons. The molecule has 0 unspecified atom stereocenters. The summed E-state index contributed by atoms with van der Waals surface area (Å²) in [4.78, 5) is 60.1. The molecular weight excluding hydrogens is 670 g/mol. The maximum atomic E-state index is 14.5. The third-order valence-electron chi connectivity index (χ3n) is 9.33. The molecule has 4 fully saturated rings. The van der Waals surface area contributed by atoms with Gasteiger partial charge in [0.2, 0.25) is 11.8 Å². The van der Waals surface area contributed by atoms with Gasteiger partial charge in [-0.15, -0.1) is 0 Å². The summed E-state index contributed by atoms with van der Waals surface area (Å²) in [5, 5.41) is 4.61. The highest BCUT2D eigenvalue weighted by atomic mass is 35.5. The lowest BCUT2D eigenvalue weighted by atomic mass is 9.84. The van der Waals surface area contributed by atoms with Gasteiger partial charge in [-0.25, -0.2) is 19.8 Å². The van der Waals surface area contributed by atoms with Gasteiger partial charge >= 0.3 is 0 Å². The molecule has 0 bridgehead atoms. The second-order valence-corrected chi connectivity index (χ2v) is 13.3. The number of hydrogen-bond acceptors (Lipinski definition) is 6. The van der Waals surface area contributed by atoms with Gasteiger partial charge in [0, 0.05) is 0 Å². The fourth-order valence-corrected chi connectivity index (χ4v) is 8.14. The van der Waals surface area contributed by atoms with Crippen molar-refractivity contribution in [1.29, 1.82) is 0 Å². The number of amides is 4. The zero-order valence-corrected chi connectivity index (χ0v) is 26.7. The van der Waals surface area contributed by atoms with E-state index >= 15 is 0 Å². The summed E-state index contributed by atoms with van der Waals surface area (Å²) in [5.41, 5.74) is 2.06. The van der Waals surface area contributed by atoms with E-state index in [0.29, 0.717) is 11.4 Å². The molecule has 4 heterocycles. The Balaban J connectivity index is 1.32. The minimum absolute atomic E-state index is 0.203. The molecule has 4 amide bonds. The van der Waals surface area contributed by atoms with Crippen LogP contribution in [0.25, 0.3) is 0 Å². The fourth-order valence-electron chi connectivity index (χ4n) is 7.56. The van der Waals surface area contributed by atoms with Gasteiger partial charge in [0.15, 0.2) is 0 Å². The standard InChI is InChI=1S/C34H22Cl4N4O4/c35-21-13-11-19(15-23(21)37)39-31(43)25-27(17-7-3-1-4-8-17)41-30-26(28(18-9-5-2-6-10-18)42(41)29(25)33(39)45)32(44)40(34(30)46)20-12-14-22(36)24(38)16-20/h1-16,25-30H/t25-,26-,27-,28+,29+,30-/m0/s1. The number of imide groups is 2. The molecule has 46 heavy (non-hydrogen) atoms. The molecule has 0 aliphatic carbocycles. The summed E-state index contributed by atoms with van der Waals surface area (Å²) in [7, 11) is 0. The summed E-state index contributed by atoms with van der Waals surface area (Å²) in [6.45, 7) is 0. The van der Waals surface area contributed by atoms with Crippen LogP contribution in [0.1, 0.15) is 23.2 Å². The van der Waals surface area contributed by atoms with Crippen molar-refractivity contribution in [2.24, 2.45) is 11.8 Å². The van der Waals surface area contributed by atoms with Crippen molar-refractivity contribution in [1.82, 2.24) is 10.0 Å². The van der Waals surface area contributed by atoms with E-state index in [4.69, 9.17) is 46.4 Å². The molecular formula is C34H22Cl4N4O4. The van der Waals surface area contributed by atoms with Gasteiger partial charge < -0.3 is 0 Å². The van der Waals surface area contributed by atoms with E-state index in [1.165, 1.54) is 24.3 Å². The molecule has 0 saturated carbocycles. The van der Waals surface area contributed by atoms with E-state index in [1.54, 1.807) is 12.1 Å². The number of halogens is 4. The van der Waals surface area contributed by atoms with Crippen LogP contribution < -0.4 is 9.80 Å². The first-order chi connectivity index (χ1) is 22.2. The van der Waals surface area contributed by atoms with E-state index in [9.17, 15) is 19.2 Å². The molecule has 12 heteroatoms. The Labute approximate surface area is 283 Å². The molecule has 6 atom stereocenters. The number of rotatable bonds is 4. The Bertz CT molecular complexity index is 1820. The van der Waals surface area contributed by atoms with Gasteiger partial charge in [-0.1, -0.05) is 107 Å². The highest BCUT2D eigenvalue weighted by Gasteiger charge is 2.73. The Morgan fingerprint density at radius 1 is 0.413 bits per heavy atom. The van der Waals surface area contributed by atoms with E-state index in [2.05, 4.69) is 0 Å². The highest BCUT2D eigenvalue weighted by Crippen LogP contribution is 2.59. The summed E-state index contributed by atoms with van der Waals surface area (Å²) in [6.07, 6.45) is 0. The minimum atomic E-state index is -0.998. The lowest BCUT2D eigenvalue weighted by Gasteiger charge is -2.35. The summed E-state index contributed by atoms with van der Waals surface area (Å²) >= 11 is 24.9. The lowest BCUT2D eigenvalue weighted by molar-refractivity contribution is -0.136. The highest BCUT2D eigenvalue weighted by molar-refractivity contribution is 6.43. The van der Waals surface area contributed by atoms with Crippen LogP contribution in [0.15, 0.2) is 97.1 Å². The molecule has 0 aromatic heterocycles. The Morgan fingerprint density at radius 2 is 0.783 bits per heavy atom. The van der Waals surface area contributed by atoms with Crippen LogP contribution in [0.2, 0.25) is 20.1 Å². The number of hydrazine groups is 1. The van der Waals surface area contributed by atoms with Gasteiger partial charge in [0.25, 0.3) is 11.8 Å². The van der Waals surface area contributed by atoms with E-state index in [-0.39, 0.29) is 20.1 Å². The van der Waals surface area contributed by atoms with Crippen LogP contribution in [0.4, 0.5) is 11.4 Å². The van der Waals surface area contributed by atoms with Crippen molar-refractivity contribution in [2.75, 3.05) is 9.80 Å². The lowest BCUT2D eigenvalue weighted by Crippen LogP contribution is -2.50. The first kappa shape index (κ1) is 29.6. The zero-order valence-electron chi connectivity index (χ0n) is 23.6. The van der Waals surface area contributed by atoms with E-state index in [1.807, 2.05) is 70.7 Å². The normalized spacial score (nSPS) is 27.5. The van der Waals surface area contributed by atoms with Crippen molar-refractivity contribution in [3.05, 3.63) is 128 Å². The van der Waals surface area contributed by atoms with Crippen molar-refractivity contribution in [3.63, 3.8) is 0 Å². The van der Waals surface area contributed by atoms with Crippen LogP contribution in [0.5, 0.6) is 0 Å². The van der Waals surface area contributed by atoms with Crippen LogP contribution in [-0.4, -0.2) is 45.7 Å². The average Bonchev–Trinajstić information content (AvgIpc) is 3.72. The number of fused-ring (bicyclic) bond motifs is 5. The van der Waals surface area contributed by atoms with E-state index in [0.717, 1.165) is 20.9 Å². The summed E-state index contributed by atoms with van der Waals surface area (Å²) in [6, 6.07) is 24.3. The number of nitrogens with zero attached hydrogens (tertiary/aromatic N) is 4. The third-order valence-corrected chi connectivity index (χ3v) is 10.8. The number of benzene rings is 4. The van der Waals surface area contributed by atoms with Crippen molar-refractivity contribution < 1.29 is 19.2 Å². The van der Waals surface area contributed by atoms with Crippen LogP contribution in [0, 0.1) is 11.8 Å². The maximum Gasteiger partial charge on any atom is 0.253 e. The number of anilines is 2. The molecule has 0 radical (unpaired) electrons. The molecule has 4 aliphatic rings. The minimum Gasteiger partial charge on any atom is -0.274 e. The predicted molar refractivity (Wildman–Crippen MR) is 175 cm³/mol. The Morgan fingerprint density at radius 3 is 1.13 bits per heavy atom. The third kappa shape index (κ3) is 4.15. The summed E-state index contributed by atoms with van der Waals surface area (Å²) < 4.78 is 0. The summed E-state index contributed by atoms with van der Waals surface area (Å²) in [5.74, 6) is -3.59. The smallest absolute Gasteiger partial charge is 0.253 e. The number of carbonyl (C=O) groups is 4. The quantitative estimate of drug-likeness (QED) is 0.221. The van der Waals surface area contributed by atoms with Crippen molar-refractivity contribution in [3.8, 4) is 0 Å². The van der Waals surface area contributed by atoms with Crippen LogP contribution >= 0.6 is 46.4 Å². The predicted octanol–water partition coefficient (Wildman–Crippen LogP) is 6.75. The molecule has 8 rings (SSSR count). The second kappa shape index (κ2) is 10.9. The monoisotopic (exact) mass is 690 g/mol. The zero-order chi connectivity index (χ0) is 32.0. The molecule has 4 aliphatic heterocycles. The number of hydrogen-bond donors (Lipinski definition) is 0. The molecule has 0 N–H and O–H groups in total. The molecule has 4 aromatic carbocycles. The molecule has 4 saturated heterocycles. The maximum absolute atomic E-state index is 14.5. The van der Waals surface area contributed by atoms with Gasteiger partial charge in [-0.05, 0) is 47.5 Å². The molecule has 8 nitrogen and oxygen atoms in total. The SMILES string of the molecule is O=C1[C@@H]2[C@@H](C(=O)N1c1ccc(Cl)c(Cl)c1)N1[C@@H](c3ccccc3)[C@@H]3C(=O)N(c4ccc(Cl)c(Cl)c4)C(=O)[C@@H]3N1[C@@H]2c1ccccc1. The fraction of sp³-hybridized carbons (Fsp3) is 0.176. The Kier molecular flexibility index (Phi) is 7.03. The van der Waals surface area contributed by atoms with Gasteiger partial charge in [-0.2, -0.15) is 0 Å². The van der Waals surface area contributed by atoms with Crippen LogP contribution in [0.3, 0.4) is 0 Å². The van der Waals surface area contributed by atoms with Gasteiger partial charge in [0.05, 0.1) is 55.4 Å². The first-order valence-corrected chi connectivity index (χ1v) is 16.0.